The summed E-state index contributed by atoms with van der Waals surface area (Å²) in [6.45, 7) is 5.36. The summed E-state index contributed by atoms with van der Waals surface area (Å²) < 4.78 is 0.999. The van der Waals surface area contributed by atoms with Crippen molar-refractivity contribution in [2.75, 3.05) is 0 Å². The Balaban J connectivity index is 2.59. The number of carboxylic acid groups (broad SMARTS) is 1. The van der Waals surface area contributed by atoms with Gasteiger partial charge < -0.3 is 5.11 Å². The molecule has 5 heteroatoms. The van der Waals surface area contributed by atoms with Crippen LogP contribution in [0.25, 0.3) is 11.3 Å². The van der Waals surface area contributed by atoms with Crippen LogP contribution in [-0.2, 0) is 4.79 Å². The first kappa shape index (κ1) is 14.0. The van der Waals surface area contributed by atoms with E-state index in [0.717, 1.165) is 21.4 Å². The number of carbonyl (C=O) groups is 1. The van der Waals surface area contributed by atoms with Crippen LogP contribution >= 0.6 is 0 Å². The van der Waals surface area contributed by atoms with E-state index in [1.54, 1.807) is 6.07 Å². The molecule has 0 aliphatic rings. The van der Waals surface area contributed by atoms with Crippen molar-refractivity contribution >= 4 is 5.97 Å². The molecule has 1 heterocycles. The molecule has 0 saturated carbocycles. The van der Waals surface area contributed by atoms with E-state index in [1.165, 1.54) is 13.0 Å². The summed E-state index contributed by atoms with van der Waals surface area (Å²) in [4.78, 5) is 22.8. The number of aromatic nitrogens is 2. The van der Waals surface area contributed by atoms with Gasteiger partial charge in [-0.15, -0.1) is 0 Å². The fraction of sp³-hybridized carbons (Fsp3) is 0.267. The molecule has 1 aromatic heterocycles. The molecule has 0 aliphatic carbocycles. The summed E-state index contributed by atoms with van der Waals surface area (Å²) in [5, 5.41) is 13.2. The molecule has 0 fully saturated rings. The quantitative estimate of drug-likeness (QED) is 0.929. The lowest BCUT2D eigenvalue weighted by atomic mass is 10.0. The molecule has 0 saturated heterocycles. The zero-order valence-corrected chi connectivity index (χ0v) is 11.6. The number of rotatable bonds is 3. The van der Waals surface area contributed by atoms with Crippen LogP contribution < -0.4 is 5.56 Å². The van der Waals surface area contributed by atoms with Gasteiger partial charge in [0.1, 0.15) is 0 Å². The number of hydrogen-bond acceptors (Lipinski definition) is 3. The van der Waals surface area contributed by atoms with Gasteiger partial charge in [-0.3, -0.25) is 4.79 Å². The molecule has 1 aromatic carbocycles. The smallest absolute Gasteiger partial charge is 0.328 e. The minimum Gasteiger partial charge on any atom is -0.480 e. The number of aryl methyl sites for hydroxylation is 2. The normalized spacial score (nSPS) is 12.2. The molecule has 0 bridgehead atoms. The molecule has 2 rings (SSSR count). The Morgan fingerprint density at radius 3 is 2.60 bits per heavy atom. The van der Waals surface area contributed by atoms with Crippen molar-refractivity contribution in [3.63, 3.8) is 0 Å². The molecule has 0 radical (unpaired) electrons. The van der Waals surface area contributed by atoms with Crippen molar-refractivity contribution in [2.24, 2.45) is 0 Å². The van der Waals surface area contributed by atoms with E-state index in [0.29, 0.717) is 5.69 Å². The molecule has 1 atom stereocenters. The molecular weight excluding hydrogens is 256 g/mol. The topological polar surface area (TPSA) is 72.2 Å². The first-order valence-electron chi connectivity index (χ1n) is 6.30. The Morgan fingerprint density at radius 1 is 1.25 bits per heavy atom. The highest BCUT2D eigenvalue weighted by Gasteiger charge is 2.17. The molecule has 0 aliphatic heterocycles. The number of hydrogen-bond donors (Lipinski definition) is 1. The maximum absolute atomic E-state index is 11.7. The number of carboxylic acids is 1. The van der Waals surface area contributed by atoms with Crippen molar-refractivity contribution in [3.05, 3.63) is 51.8 Å². The van der Waals surface area contributed by atoms with Gasteiger partial charge in [0.15, 0.2) is 6.04 Å². The van der Waals surface area contributed by atoms with Crippen LogP contribution in [0.5, 0.6) is 0 Å². The van der Waals surface area contributed by atoms with Gasteiger partial charge in [-0.05, 0) is 38.5 Å². The van der Waals surface area contributed by atoms with E-state index in [-0.39, 0.29) is 0 Å². The summed E-state index contributed by atoms with van der Waals surface area (Å²) in [7, 11) is 0. The summed E-state index contributed by atoms with van der Waals surface area (Å²) in [6, 6.07) is 7.92. The predicted molar refractivity (Wildman–Crippen MR) is 75.8 cm³/mol. The Bertz CT molecular complexity index is 719. The van der Waals surface area contributed by atoms with E-state index < -0.39 is 17.6 Å². The molecule has 0 amide bonds. The van der Waals surface area contributed by atoms with E-state index in [2.05, 4.69) is 5.10 Å². The van der Waals surface area contributed by atoms with Gasteiger partial charge in [0.05, 0.1) is 5.69 Å². The van der Waals surface area contributed by atoms with E-state index >= 15 is 0 Å². The average Bonchev–Trinajstić information content (AvgIpc) is 2.41. The van der Waals surface area contributed by atoms with Gasteiger partial charge in [-0.25, -0.2) is 9.48 Å². The van der Waals surface area contributed by atoms with Gasteiger partial charge >= 0.3 is 5.97 Å². The minimum atomic E-state index is -1.09. The second-order valence-corrected chi connectivity index (χ2v) is 4.83. The Kier molecular flexibility index (Phi) is 3.70. The van der Waals surface area contributed by atoms with Gasteiger partial charge in [0.2, 0.25) is 0 Å². The van der Waals surface area contributed by atoms with E-state index in [9.17, 15) is 9.59 Å². The minimum absolute atomic E-state index is 0.422. The van der Waals surface area contributed by atoms with Gasteiger partial charge in [0.25, 0.3) is 5.56 Å². The van der Waals surface area contributed by atoms with E-state index in [4.69, 9.17) is 5.11 Å². The van der Waals surface area contributed by atoms with Crippen LogP contribution in [-0.4, -0.2) is 20.9 Å². The lowest BCUT2D eigenvalue weighted by Gasteiger charge is -2.12. The Hall–Kier alpha value is -2.43. The maximum atomic E-state index is 11.7. The average molecular weight is 272 g/mol. The number of benzene rings is 1. The largest absolute Gasteiger partial charge is 0.480 e. The zero-order valence-electron chi connectivity index (χ0n) is 11.6. The monoisotopic (exact) mass is 272 g/mol. The standard InChI is InChI=1S/C15H16N2O3/c1-9-4-5-10(2)12(8-9)13-6-7-14(18)17(16-13)11(3)15(19)20/h4-8,11H,1-3H3,(H,19,20). The van der Waals surface area contributed by atoms with Crippen LogP contribution in [0.4, 0.5) is 0 Å². The second kappa shape index (κ2) is 5.28. The Labute approximate surface area is 116 Å². The third-order valence-electron chi connectivity index (χ3n) is 3.22. The van der Waals surface area contributed by atoms with Crippen molar-refractivity contribution in [1.82, 2.24) is 9.78 Å². The molecule has 1 unspecified atom stereocenters. The van der Waals surface area contributed by atoms with Crippen molar-refractivity contribution in [2.45, 2.75) is 26.8 Å². The molecule has 5 nitrogen and oxygen atoms in total. The fourth-order valence-corrected chi connectivity index (χ4v) is 1.96. The summed E-state index contributed by atoms with van der Waals surface area (Å²) in [5.41, 5.74) is 3.18. The van der Waals surface area contributed by atoms with E-state index in [1.807, 2.05) is 32.0 Å². The van der Waals surface area contributed by atoms with Gasteiger partial charge in [-0.2, -0.15) is 5.10 Å². The molecule has 0 spiro atoms. The van der Waals surface area contributed by atoms with Crippen LogP contribution in [0.3, 0.4) is 0 Å². The summed E-state index contributed by atoms with van der Waals surface area (Å²) in [5.74, 6) is -1.09. The van der Waals surface area contributed by atoms with Crippen molar-refractivity contribution in [1.29, 1.82) is 0 Å². The summed E-state index contributed by atoms with van der Waals surface area (Å²) >= 11 is 0. The fourth-order valence-electron chi connectivity index (χ4n) is 1.96. The highest BCUT2D eigenvalue weighted by atomic mass is 16.4. The van der Waals surface area contributed by atoms with Crippen molar-refractivity contribution in [3.8, 4) is 11.3 Å². The second-order valence-electron chi connectivity index (χ2n) is 4.83. The van der Waals surface area contributed by atoms with Gasteiger partial charge in [-0.1, -0.05) is 17.7 Å². The van der Waals surface area contributed by atoms with Crippen LogP contribution in [0, 0.1) is 13.8 Å². The predicted octanol–water partition coefficient (Wildman–Crippen LogP) is 2.17. The SMILES string of the molecule is Cc1ccc(C)c(-c2ccc(=O)n(C(C)C(=O)O)n2)c1. The van der Waals surface area contributed by atoms with Crippen LogP contribution in [0.1, 0.15) is 24.1 Å². The van der Waals surface area contributed by atoms with Gasteiger partial charge in [0, 0.05) is 11.6 Å². The zero-order chi connectivity index (χ0) is 14.9. The highest BCUT2D eigenvalue weighted by molar-refractivity contribution is 5.71. The number of aliphatic carboxylic acids is 1. The molecular formula is C15H16N2O3. The molecule has 1 N–H and O–H groups in total. The molecule has 104 valence electrons. The number of nitrogens with zero attached hydrogens (tertiary/aromatic N) is 2. The third kappa shape index (κ3) is 2.61. The van der Waals surface area contributed by atoms with Crippen LogP contribution in [0.2, 0.25) is 0 Å². The molecule has 2 aromatic rings. The summed E-state index contributed by atoms with van der Waals surface area (Å²) in [6.07, 6.45) is 0. The first-order valence-corrected chi connectivity index (χ1v) is 6.30. The van der Waals surface area contributed by atoms with Crippen LogP contribution in [0.15, 0.2) is 35.1 Å². The van der Waals surface area contributed by atoms with Crippen molar-refractivity contribution < 1.29 is 9.90 Å². The highest BCUT2D eigenvalue weighted by Crippen LogP contribution is 2.22. The lowest BCUT2D eigenvalue weighted by Crippen LogP contribution is -2.29. The lowest BCUT2D eigenvalue weighted by molar-refractivity contribution is -0.140. The molecule has 20 heavy (non-hydrogen) atoms. The Morgan fingerprint density at radius 2 is 1.95 bits per heavy atom. The third-order valence-corrected chi connectivity index (χ3v) is 3.22. The first-order chi connectivity index (χ1) is 9.40. The maximum Gasteiger partial charge on any atom is 0.328 e.